The number of unbranched alkanes of at least 4 members (excludes halogenated alkanes) is 1. The number of hydrogen-bond donors (Lipinski definition) is 1. The number of rotatable bonds is 6. The van der Waals surface area contributed by atoms with E-state index in [0.717, 1.165) is 19.4 Å². The number of Topliss-reactive ketones (excluding diaryl/α,β-unsaturated/α-hetero) is 1. The zero-order chi connectivity index (χ0) is 11.3. The van der Waals surface area contributed by atoms with E-state index in [9.17, 15) is 4.79 Å². The summed E-state index contributed by atoms with van der Waals surface area (Å²) in [7, 11) is 0. The van der Waals surface area contributed by atoms with Crippen LogP contribution < -0.4 is 5.32 Å². The number of ketones is 1. The first-order valence-corrected chi connectivity index (χ1v) is 5.41. The number of hydrogen-bond acceptors (Lipinski definition) is 3. The van der Waals surface area contributed by atoms with Crippen molar-refractivity contribution >= 4 is 5.78 Å². The Morgan fingerprint density at radius 2 is 2.27 bits per heavy atom. The summed E-state index contributed by atoms with van der Waals surface area (Å²) in [6.07, 6.45) is 3.72. The van der Waals surface area contributed by atoms with Crippen molar-refractivity contribution in [3.63, 3.8) is 0 Å². The van der Waals surface area contributed by atoms with Gasteiger partial charge in [0.25, 0.3) is 0 Å². The number of nitrogens with one attached hydrogen (secondary N) is 1. The van der Waals surface area contributed by atoms with E-state index < -0.39 is 5.54 Å². The van der Waals surface area contributed by atoms with Crippen LogP contribution in [0, 0.1) is 0 Å². The largest absolute Gasteiger partial charge is 0.461 e. The van der Waals surface area contributed by atoms with Crippen molar-refractivity contribution in [3.8, 4) is 0 Å². The second-order valence-corrected chi connectivity index (χ2v) is 4.21. The van der Waals surface area contributed by atoms with Crippen LogP contribution in [0.5, 0.6) is 0 Å². The molecule has 3 heteroatoms. The summed E-state index contributed by atoms with van der Waals surface area (Å²) in [6.45, 7) is 6.75. The lowest BCUT2D eigenvalue weighted by Crippen LogP contribution is -2.47. The Morgan fingerprint density at radius 3 is 2.80 bits per heavy atom. The quantitative estimate of drug-likeness (QED) is 0.578. The molecule has 0 spiro atoms. The van der Waals surface area contributed by atoms with Gasteiger partial charge in [0.2, 0.25) is 5.78 Å². The standard InChI is InChI=1S/C12H19NO2/c1-4-5-8-13-12(2,3)11(14)10-7-6-9-15-10/h6-7,9,13H,4-5,8H2,1-3H3. The van der Waals surface area contributed by atoms with Crippen molar-refractivity contribution in [3.05, 3.63) is 24.2 Å². The maximum atomic E-state index is 12.0. The van der Waals surface area contributed by atoms with Crippen molar-refractivity contribution in [2.75, 3.05) is 6.54 Å². The molecule has 0 amide bonds. The molecular formula is C12H19NO2. The van der Waals surface area contributed by atoms with E-state index in [-0.39, 0.29) is 5.78 Å². The highest BCUT2D eigenvalue weighted by Gasteiger charge is 2.29. The van der Waals surface area contributed by atoms with E-state index >= 15 is 0 Å². The molecule has 0 saturated heterocycles. The molecule has 0 aliphatic heterocycles. The van der Waals surface area contributed by atoms with Gasteiger partial charge in [0.15, 0.2) is 5.76 Å². The van der Waals surface area contributed by atoms with Crippen molar-refractivity contribution in [1.29, 1.82) is 0 Å². The lowest BCUT2D eigenvalue weighted by Gasteiger charge is -2.23. The zero-order valence-corrected chi connectivity index (χ0v) is 9.67. The molecule has 1 N–H and O–H groups in total. The smallest absolute Gasteiger partial charge is 0.217 e. The fourth-order valence-electron chi connectivity index (χ4n) is 1.37. The predicted octanol–water partition coefficient (Wildman–Crippen LogP) is 2.63. The van der Waals surface area contributed by atoms with Crippen LogP contribution in [0.1, 0.15) is 44.2 Å². The van der Waals surface area contributed by atoms with E-state index in [1.165, 1.54) is 6.26 Å². The SMILES string of the molecule is CCCCNC(C)(C)C(=O)c1ccco1. The van der Waals surface area contributed by atoms with Crippen LogP contribution in [0.25, 0.3) is 0 Å². The van der Waals surface area contributed by atoms with Gasteiger partial charge in [-0.3, -0.25) is 4.79 Å². The van der Waals surface area contributed by atoms with Crippen molar-refractivity contribution in [2.24, 2.45) is 0 Å². The Labute approximate surface area is 90.9 Å². The Kier molecular flexibility index (Phi) is 4.09. The Balaban J connectivity index is 2.57. The van der Waals surface area contributed by atoms with Gasteiger partial charge in [0.1, 0.15) is 0 Å². The van der Waals surface area contributed by atoms with E-state index in [4.69, 9.17) is 4.42 Å². The van der Waals surface area contributed by atoms with Gasteiger partial charge in [0.05, 0.1) is 11.8 Å². The van der Waals surface area contributed by atoms with Crippen molar-refractivity contribution < 1.29 is 9.21 Å². The van der Waals surface area contributed by atoms with Gasteiger partial charge in [-0.1, -0.05) is 13.3 Å². The Morgan fingerprint density at radius 1 is 1.53 bits per heavy atom. The van der Waals surface area contributed by atoms with Crippen LogP contribution in [-0.2, 0) is 0 Å². The maximum Gasteiger partial charge on any atom is 0.217 e. The van der Waals surface area contributed by atoms with Crippen LogP contribution in [0.3, 0.4) is 0 Å². The predicted molar refractivity (Wildman–Crippen MR) is 60.0 cm³/mol. The summed E-state index contributed by atoms with van der Waals surface area (Å²) in [4.78, 5) is 12.0. The van der Waals surface area contributed by atoms with Crippen molar-refractivity contribution in [2.45, 2.75) is 39.2 Å². The van der Waals surface area contributed by atoms with E-state index in [1.54, 1.807) is 12.1 Å². The summed E-state index contributed by atoms with van der Waals surface area (Å²) in [5.74, 6) is 0.424. The highest BCUT2D eigenvalue weighted by Crippen LogP contribution is 2.13. The highest BCUT2D eigenvalue weighted by molar-refractivity contribution is 6.00. The first-order valence-electron chi connectivity index (χ1n) is 5.41. The molecule has 0 unspecified atom stereocenters. The molecule has 0 aromatic carbocycles. The summed E-state index contributed by atoms with van der Waals surface area (Å²) in [5, 5.41) is 3.24. The Hall–Kier alpha value is -1.09. The minimum Gasteiger partial charge on any atom is -0.461 e. The third kappa shape index (κ3) is 3.20. The minimum atomic E-state index is -0.549. The molecule has 15 heavy (non-hydrogen) atoms. The number of carbonyl (C=O) groups is 1. The molecule has 0 saturated carbocycles. The van der Waals surface area contributed by atoms with Gasteiger partial charge in [0, 0.05) is 0 Å². The molecule has 0 atom stereocenters. The molecule has 1 aromatic heterocycles. The van der Waals surface area contributed by atoms with Crippen LogP contribution in [0.4, 0.5) is 0 Å². The fourth-order valence-corrected chi connectivity index (χ4v) is 1.37. The molecule has 0 aliphatic rings. The third-order valence-corrected chi connectivity index (χ3v) is 2.41. The molecule has 1 rings (SSSR count). The van der Waals surface area contributed by atoms with Gasteiger partial charge in [-0.05, 0) is 38.9 Å². The van der Waals surface area contributed by atoms with Crippen LogP contribution in [0.2, 0.25) is 0 Å². The van der Waals surface area contributed by atoms with Gasteiger partial charge in [-0.15, -0.1) is 0 Å². The normalized spacial score (nSPS) is 11.7. The van der Waals surface area contributed by atoms with E-state index in [2.05, 4.69) is 12.2 Å². The zero-order valence-electron chi connectivity index (χ0n) is 9.67. The molecule has 1 heterocycles. The molecule has 1 aromatic rings. The molecule has 0 aliphatic carbocycles. The topological polar surface area (TPSA) is 42.2 Å². The summed E-state index contributed by atoms with van der Waals surface area (Å²) in [6, 6.07) is 3.43. The van der Waals surface area contributed by atoms with Gasteiger partial charge in [-0.25, -0.2) is 0 Å². The second-order valence-electron chi connectivity index (χ2n) is 4.21. The molecule has 0 radical (unpaired) electrons. The average molecular weight is 209 g/mol. The maximum absolute atomic E-state index is 12.0. The van der Waals surface area contributed by atoms with Gasteiger partial charge >= 0.3 is 0 Å². The third-order valence-electron chi connectivity index (χ3n) is 2.41. The number of furan rings is 1. The summed E-state index contributed by atoms with van der Waals surface area (Å²) < 4.78 is 5.10. The average Bonchev–Trinajstić information content (AvgIpc) is 2.69. The molecule has 84 valence electrons. The fraction of sp³-hybridized carbons (Fsp3) is 0.583. The second kappa shape index (κ2) is 5.12. The molecule has 0 fully saturated rings. The Bertz CT molecular complexity index is 301. The lowest BCUT2D eigenvalue weighted by atomic mass is 9.97. The van der Waals surface area contributed by atoms with Gasteiger partial charge in [-0.2, -0.15) is 0 Å². The highest BCUT2D eigenvalue weighted by atomic mass is 16.3. The minimum absolute atomic E-state index is 0.00334. The van der Waals surface area contributed by atoms with Crippen molar-refractivity contribution in [1.82, 2.24) is 5.32 Å². The van der Waals surface area contributed by atoms with E-state index in [1.807, 2.05) is 13.8 Å². The first kappa shape index (κ1) is 12.0. The molecule has 0 bridgehead atoms. The molecule has 3 nitrogen and oxygen atoms in total. The number of carbonyl (C=O) groups excluding carboxylic acids is 1. The van der Waals surface area contributed by atoms with Gasteiger partial charge < -0.3 is 9.73 Å². The van der Waals surface area contributed by atoms with Crippen LogP contribution >= 0.6 is 0 Å². The van der Waals surface area contributed by atoms with E-state index in [0.29, 0.717) is 5.76 Å². The van der Waals surface area contributed by atoms with Crippen LogP contribution in [0.15, 0.2) is 22.8 Å². The monoisotopic (exact) mass is 209 g/mol. The lowest BCUT2D eigenvalue weighted by molar-refractivity contribution is 0.0853. The first-order chi connectivity index (χ1) is 7.08. The molecular weight excluding hydrogens is 190 g/mol. The van der Waals surface area contributed by atoms with Crippen LogP contribution in [-0.4, -0.2) is 17.9 Å². The summed E-state index contributed by atoms with van der Waals surface area (Å²) in [5.41, 5.74) is -0.549. The summed E-state index contributed by atoms with van der Waals surface area (Å²) >= 11 is 0.